The first-order valence-electron chi connectivity index (χ1n) is 6.97. The van der Waals surface area contributed by atoms with Crippen LogP contribution >= 0.6 is 0 Å². The van der Waals surface area contributed by atoms with Crippen LogP contribution in [0, 0.1) is 5.82 Å². The Bertz CT molecular complexity index is 715. The Kier molecular flexibility index (Phi) is 3.87. The lowest BCUT2D eigenvalue weighted by molar-refractivity contribution is 0.0973. The van der Waals surface area contributed by atoms with E-state index in [4.69, 9.17) is 4.74 Å². The Labute approximate surface area is 127 Å². The fraction of sp³-hybridized carbons (Fsp3) is 0.176. The van der Waals surface area contributed by atoms with E-state index in [0.717, 1.165) is 5.56 Å². The molecule has 0 unspecified atom stereocenters. The molecule has 2 aromatic carbocycles. The number of amides is 1. The smallest absolute Gasteiger partial charge is 0.414 e. The van der Waals surface area contributed by atoms with Crippen molar-refractivity contribution >= 4 is 17.6 Å². The second-order valence-electron chi connectivity index (χ2n) is 5.00. The molecule has 3 rings (SSSR count). The van der Waals surface area contributed by atoms with E-state index in [2.05, 4.69) is 0 Å². The van der Waals surface area contributed by atoms with Gasteiger partial charge in [-0.05, 0) is 17.7 Å². The van der Waals surface area contributed by atoms with Crippen molar-refractivity contribution in [2.75, 3.05) is 11.4 Å². The quantitative estimate of drug-likeness (QED) is 0.852. The van der Waals surface area contributed by atoms with Crippen LogP contribution in [0.2, 0.25) is 0 Å². The van der Waals surface area contributed by atoms with Crippen LogP contribution in [0.4, 0.5) is 14.9 Å². The highest BCUT2D eigenvalue weighted by Gasteiger charge is 2.30. The van der Waals surface area contributed by atoms with Crippen molar-refractivity contribution in [2.24, 2.45) is 0 Å². The minimum Gasteiger partial charge on any atom is -0.444 e. The summed E-state index contributed by atoms with van der Waals surface area (Å²) < 4.78 is 19.1. The Morgan fingerprint density at radius 1 is 1.14 bits per heavy atom. The van der Waals surface area contributed by atoms with Gasteiger partial charge in [-0.25, -0.2) is 9.18 Å². The number of halogens is 1. The summed E-state index contributed by atoms with van der Waals surface area (Å²) in [4.78, 5) is 25.4. The number of carbonyl (C=O) groups excluding carboxylic acids is 2. The number of ketones is 1. The third kappa shape index (κ3) is 2.70. The van der Waals surface area contributed by atoms with Crippen LogP contribution in [-0.2, 0) is 11.3 Å². The fourth-order valence-corrected chi connectivity index (χ4v) is 2.46. The van der Waals surface area contributed by atoms with Gasteiger partial charge in [0.15, 0.2) is 5.78 Å². The molecule has 0 spiro atoms. The highest BCUT2D eigenvalue weighted by molar-refractivity contribution is 6.07. The Morgan fingerprint density at radius 2 is 1.91 bits per heavy atom. The lowest BCUT2D eigenvalue weighted by atomic mass is 10.0. The lowest BCUT2D eigenvalue weighted by Crippen LogP contribution is -2.38. The molecular weight excluding hydrogens is 285 g/mol. The van der Waals surface area contributed by atoms with Crippen molar-refractivity contribution in [2.45, 2.75) is 13.0 Å². The molecule has 0 radical (unpaired) electrons. The molecule has 0 aliphatic carbocycles. The zero-order valence-corrected chi connectivity index (χ0v) is 11.8. The monoisotopic (exact) mass is 299 g/mol. The van der Waals surface area contributed by atoms with Crippen molar-refractivity contribution in [3.8, 4) is 0 Å². The molecule has 22 heavy (non-hydrogen) atoms. The van der Waals surface area contributed by atoms with Crippen molar-refractivity contribution < 1.29 is 18.7 Å². The van der Waals surface area contributed by atoms with Crippen molar-refractivity contribution in [1.29, 1.82) is 0 Å². The van der Waals surface area contributed by atoms with Crippen LogP contribution in [0.25, 0.3) is 0 Å². The summed E-state index contributed by atoms with van der Waals surface area (Å²) in [7, 11) is 0. The van der Waals surface area contributed by atoms with Gasteiger partial charge < -0.3 is 4.74 Å². The van der Waals surface area contributed by atoms with E-state index < -0.39 is 11.9 Å². The van der Waals surface area contributed by atoms with E-state index in [9.17, 15) is 14.0 Å². The summed E-state index contributed by atoms with van der Waals surface area (Å²) in [6.07, 6.45) is -0.489. The predicted octanol–water partition coefficient (Wildman–Crippen LogP) is 3.56. The molecule has 4 nitrogen and oxygen atoms in total. The molecule has 112 valence electrons. The summed E-state index contributed by atoms with van der Waals surface area (Å²) in [5.74, 6) is -0.900. The SMILES string of the molecule is O=C1CCN(C(=O)OCc2ccccc2)c2cccc(F)c21. The van der Waals surface area contributed by atoms with Crippen molar-refractivity contribution in [3.63, 3.8) is 0 Å². The van der Waals surface area contributed by atoms with Gasteiger partial charge in [-0.15, -0.1) is 0 Å². The lowest BCUT2D eigenvalue weighted by Gasteiger charge is -2.28. The van der Waals surface area contributed by atoms with E-state index >= 15 is 0 Å². The standard InChI is InChI=1S/C17H14FNO3/c18-13-7-4-8-14-16(13)15(20)9-10-19(14)17(21)22-11-12-5-2-1-3-6-12/h1-8H,9-11H2. The second kappa shape index (κ2) is 5.97. The highest BCUT2D eigenvalue weighted by Crippen LogP contribution is 2.29. The maximum atomic E-state index is 13.8. The summed E-state index contributed by atoms with van der Waals surface area (Å²) in [6, 6.07) is 13.5. The van der Waals surface area contributed by atoms with Gasteiger partial charge in [0.1, 0.15) is 12.4 Å². The van der Waals surface area contributed by atoms with Gasteiger partial charge in [-0.1, -0.05) is 36.4 Å². The molecule has 0 aromatic heterocycles. The summed E-state index contributed by atoms with van der Waals surface area (Å²) in [5, 5.41) is 0. The molecule has 0 saturated heterocycles. The van der Waals surface area contributed by atoms with E-state index in [-0.39, 0.29) is 36.6 Å². The topological polar surface area (TPSA) is 46.6 Å². The van der Waals surface area contributed by atoms with Gasteiger partial charge >= 0.3 is 6.09 Å². The van der Waals surface area contributed by atoms with Crippen molar-refractivity contribution in [3.05, 3.63) is 65.5 Å². The number of hydrogen-bond donors (Lipinski definition) is 0. The highest BCUT2D eigenvalue weighted by atomic mass is 19.1. The number of carbonyl (C=O) groups is 2. The van der Waals surface area contributed by atoms with Gasteiger partial charge in [0.05, 0.1) is 11.3 Å². The van der Waals surface area contributed by atoms with E-state index in [1.54, 1.807) is 6.07 Å². The molecule has 0 saturated carbocycles. The number of fused-ring (bicyclic) bond motifs is 1. The summed E-state index contributed by atoms with van der Waals surface area (Å²) >= 11 is 0. The largest absolute Gasteiger partial charge is 0.444 e. The van der Waals surface area contributed by atoms with Gasteiger partial charge in [0, 0.05) is 13.0 Å². The van der Waals surface area contributed by atoms with Gasteiger partial charge in [-0.2, -0.15) is 0 Å². The van der Waals surface area contributed by atoms with E-state index in [1.165, 1.54) is 17.0 Å². The van der Waals surface area contributed by atoms with E-state index in [0.29, 0.717) is 0 Å². The Hall–Kier alpha value is -2.69. The van der Waals surface area contributed by atoms with E-state index in [1.807, 2.05) is 30.3 Å². The number of rotatable bonds is 2. The first-order valence-corrected chi connectivity index (χ1v) is 6.97. The van der Waals surface area contributed by atoms with Crippen LogP contribution in [0.3, 0.4) is 0 Å². The molecule has 1 heterocycles. The minimum absolute atomic E-state index is 0.0367. The molecule has 0 bridgehead atoms. The molecular formula is C17H14FNO3. The third-order valence-corrected chi connectivity index (χ3v) is 3.55. The number of hydrogen-bond acceptors (Lipinski definition) is 3. The summed E-state index contributed by atoms with van der Waals surface area (Å²) in [5.41, 5.74) is 1.10. The average molecular weight is 299 g/mol. The molecule has 0 fully saturated rings. The first kappa shape index (κ1) is 14.3. The number of anilines is 1. The van der Waals surface area contributed by atoms with Crippen LogP contribution in [-0.4, -0.2) is 18.4 Å². The maximum absolute atomic E-state index is 13.8. The first-order chi connectivity index (χ1) is 10.7. The van der Waals surface area contributed by atoms with Crippen LogP contribution in [0.15, 0.2) is 48.5 Å². The zero-order valence-electron chi connectivity index (χ0n) is 11.8. The number of nitrogens with zero attached hydrogens (tertiary/aromatic N) is 1. The van der Waals surface area contributed by atoms with Crippen LogP contribution in [0.1, 0.15) is 22.3 Å². The second-order valence-corrected chi connectivity index (χ2v) is 5.00. The summed E-state index contributed by atoms with van der Waals surface area (Å²) in [6.45, 7) is 0.331. The molecule has 0 atom stereocenters. The van der Waals surface area contributed by atoms with Crippen molar-refractivity contribution in [1.82, 2.24) is 0 Å². The van der Waals surface area contributed by atoms with Gasteiger partial charge in [0.2, 0.25) is 0 Å². The maximum Gasteiger partial charge on any atom is 0.414 e. The zero-order chi connectivity index (χ0) is 15.5. The number of benzene rings is 2. The van der Waals surface area contributed by atoms with Crippen LogP contribution < -0.4 is 4.90 Å². The molecule has 1 aliphatic rings. The minimum atomic E-state index is -0.608. The molecule has 5 heteroatoms. The Morgan fingerprint density at radius 3 is 2.68 bits per heavy atom. The normalized spacial score (nSPS) is 13.7. The molecule has 1 aliphatic heterocycles. The predicted molar refractivity (Wildman–Crippen MR) is 79.3 cm³/mol. The third-order valence-electron chi connectivity index (χ3n) is 3.55. The van der Waals surface area contributed by atoms with Gasteiger partial charge in [0.25, 0.3) is 0 Å². The number of Topliss-reactive ketones (excluding diaryl/α,β-unsaturated/α-hetero) is 1. The average Bonchev–Trinajstić information content (AvgIpc) is 2.54. The van der Waals surface area contributed by atoms with Crippen LogP contribution in [0.5, 0.6) is 0 Å². The fourth-order valence-electron chi connectivity index (χ4n) is 2.46. The molecule has 1 amide bonds. The Balaban J connectivity index is 1.78. The number of ether oxygens (including phenoxy) is 1. The van der Waals surface area contributed by atoms with Gasteiger partial charge in [-0.3, -0.25) is 9.69 Å². The molecule has 2 aromatic rings. The molecule has 0 N–H and O–H groups in total.